The van der Waals surface area contributed by atoms with E-state index in [1.807, 2.05) is 4.90 Å². The molecule has 1 fully saturated rings. The van der Waals surface area contributed by atoms with E-state index in [9.17, 15) is 19.4 Å². The summed E-state index contributed by atoms with van der Waals surface area (Å²) in [7, 11) is 0. The number of hydrogen-bond donors (Lipinski definition) is 2. The van der Waals surface area contributed by atoms with E-state index < -0.39 is 11.8 Å². The first-order valence-corrected chi connectivity index (χ1v) is 7.87. The van der Waals surface area contributed by atoms with Crippen molar-refractivity contribution in [3.05, 3.63) is 53.6 Å². The molecular weight excluding hydrogens is 327 g/mol. The molecule has 1 saturated heterocycles. The van der Waals surface area contributed by atoms with E-state index in [0.29, 0.717) is 17.9 Å². The summed E-state index contributed by atoms with van der Waals surface area (Å²) in [6.07, 6.45) is 4.51. The molecule has 1 aliphatic rings. The third-order valence-electron chi connectivity index (χ3n) is 4.48. The topological polar surface area (TPSA) is 91.0 Å². The van der Waals surface area contributed by atoms with Gasteiger partial charge in [0.2, 0.25) is 0 Å². The second-order valence-electron chi connectivity index (χ2n) is 5.97. The first-order valence-electron chi connectivity index (χ1n) is 7.87. The van der Waals surface area contributed by atoms with Crippen molar-refractivity contribution < 1.29 is 19.4 Å². The predicted molar refractivity (Wildman–Crippen MR) is 87.3 cm³/mol. The number of carboxylic acid groups (broad SMARTS) is 1. The van der Waals surface area contributed by atoms with Gasteiger partial charge in [0.25, 0.3) is 0 Å². The lowest BCUT2D eigenvalue weighted by Gasteiger charge is -2.26. The summed E-state index contributed by atoms with van der Waals surface area (Å²) in [5.74, 6) is -0.899. The maximum atomic E-state index is 13.6. The van der Waals surface area contributed by atoms with Crippen molar-refractivity contribution in [2.24, 2.45) is 0 Å². The monoisotopic (exact) mass is 342 g/mol. The summed E-state index contributed by atoms with van der Waals surface area (Å²) < 4.78 is 15.0. The van der Waals surface area contributed by atoms with Crippen LogP contribution in [-0.2, 0) is 0 Å². The van der Waals surface area contributed by atoms with Crippen molar-refractivity contribution in [1.29, 1.82) is 0 Å². The van der Waals surface area contributed by atoms with Crippen LogP contribution in [-0.4, -0.2) is 37.3 Å². The highest BCUT2D eigenvalue weighted by atomic mass is 19.1. The Morgan fingerprint density at radius 3 is 2.96 bits per heavy atom. The molecule has 1 atom stereocenters. The molecule has 4 rings (SSSR count). The number of carbonyl (C=O) groups is 1. The lowest BCUT2D eigenvalue weighted by molar-refractivity contribution is 0.0698. The van der Waals surface area contributed by atoms with Crippen LogP contribution in [0.15, 0.2) is 36.7 Å². The van der Waals surface area contributed by atoms with E-state index in [0.717, 1.165) is 12.8 Å². The number of halogens is 1. The number of phenolic OH excluding ortho intramolecular Hbond substituents is 1. The Morgan fingerprint density at radius 1 is 1.32 bits per heavy atom. The maximum absolute atomic E-state index is 13.6. The molecule has 1 unspecified atom stereocenters. The molecule has 0 spiro atoms. The van der Waals surface area contributed by atoms with Gasteiger partial charge in [-0.2, -0.15) is 5.10 Å². The number of nitrogens with zero attached hydrogens (tertiary/aromatic N) is 4. The summed E-state index contributed by atoms with van der Waals surface area (Å²) in [5.41, 5.74) is 0.774. The lowest BCUT2D eigenvalue weighted by atomic mass is 10.0. The standard InChI is InChI=1S/C17H15FN4O3/c18-10-3-4-14(23)11(8-10)13-2-1-6-21(13)15-5-7-22-16(20-15)12(9-19-22)17(24)25/h3-5,7-9,13,23H,1-2,6H2,(H,24,25). The van der Waals surface area contributed by atoms with Crippen LogP contribution in [0.25, 0.3) is 5.65 Å². The molecule has 128 valence electrons. The number of phenols is 1. The van der Waals surface area contributed by atoms with E-state index in [1.165, 1.54) is 28.9 Å². The van der Waals surface area contributed by atoms with E-state index >= 15 is 0 Å². The molecule has 25 heavy (non-hydrogen) atoms. The molecule has 0 aliphatic carbocycles. The fourth-order valence-corrected chi connectivity index (χ4v) is 3.33. The van der Waals surface area contributed by atoms with Gasteiger partial charge in [-0.15, -0.1) is 0 Å². The fourth-order valence-electron chi connectivity index (χ4n) is 3.33. The third-order valence-corrected chi connectivity index (χ3v) is 4.48. The quantitative estimate of drug-likeness (QED) is 0.760. The number of benzene rings is 1. The van der Waals surface area contributed by atoms with Gasteiger partial charge < -0.3 is 15.1 Å². The summed E-state index contributed by atoms with van der Waals surface area (Å²) in [6, 6.07) is 5.41. The van der Waals surface area contributed by atoms with Crippen LogP contribution in [0.5, 0.6) is 5.75 Å². The SMILES string of the molecule is O=C(O)c1cnn2ccc(N3CCCC3c3cc(F)ccc3O)nc12. The molecular formula is C17H15FN4O3. The second-order valence-corrected chi connectivity index (χ2v) is 5.97. The molecule has 3 aromatic rings. The van der Waals surface area contributed by atoms with E-state index in [1.54, 1.807) is 12.3 Å². The number of aromatic nitrogens is 3. The summed E-state index contributed by atoms with van der Waals surface area (Å²) in [6.45, 7) is 0.681. The van der Waals surface area contributed by atoms with Crippen LogP contribution in [0.3, 0.4) is 0 Å². The molecule has 0 saturated carbocycles. The third kappa shape index (κ3) is 2.55. The minimum Gasteiger partial charge on any atom is -0.508 e. The van der Waals surface area contributed by atoms with Gasteiger partial charge in [-0.25, -0.2) is 18.7 Å². The molecule has 0 radical (unpaired) electrons. The van der Waals surface area contributed by atoms with Gasteiger partial charge in [0.05, 0.1) is 12.2 Å². The highest BCUT2D eigenvalue weighted by Gasteiger charge is 2.30. The number of fused-ring (bicyclic) bond motifs is 1. The van der Waals surface area contributed by atoms with Crippen molar-refractivity contribution in [2.75, 3.05) is 11.4 Å². The minimum absolute atomic E-state index is 0.0196. The average Bonchev–Trinajstić information content (AvgIpc) is 3.22. The molecule has 3 heterocycles. The number of aromatic hydroxyl groups is 1. The molecule has 0 amide bonds. The van der Waals surface area contributed by atoms with Crippen molar-refractivity contribution in [3.8, 4) is 5.75 Å². The number of carboxylic acids is 1. The largest absolute Gasteiger partial charge is 0.508 e. The summed E-state index contributed by atoms with van der Waals surface area (Å²) in [5, 5.41) is 23.3. The first-order chi connectivity index (χ1) is 12.0. The minimum atomic E-state index is -1.10. The number of aromatic carboxylic acids is 1. The van der Waals surface area contributed by atoms with Crippen molar-refractivity contribution >= 4 is 17.4 Å². The smallest absolute Gasteiger partial charge is 0.341 e. The van der Waals surface area contributed by atoms with Gasteiger partial charge in [0.15, 0.2) is 5.65 Å². The van der Waals surface area contributed by atoms with E-state index in [-0.39, 0.29) is 23.0 Å². The Kier molecular flexibility index (Phi) is 3.52. The highest BCUT2D eigenvalue weighted by Crippen LogP contribution is 2.39. The van der Waals surface area contributed by atoms with Crippen molar-refractivity contribution in [3.63, 3.8) is 0 Å². The van der Waals surface area contributed by atoms with Gasteiger partial charge in [-0.3, -0.25) is 0 Å². The molecule has 7 nitrogen and oxygen atoms in total. The zero-order valence-corrected chi connectivity index (χ0v) is 13.1. The van der Waals surface area contributed by atoms with Crippen LogP contribution in [0.4, 0.5) is 10.2 Å². The summed E-state index contributed by atoms with van der Waals surface area (Å²) >= 11 is 0. The van der Waals surface area contributed by atoms with Crippen molar-refractivity contribution in [2.45, 2.75) is 18.9 Å². The molecule has 8 heteroatoms. The van der Waals surface area contributed by atoms with E-state index in [2.05, 4.69) is 10.1 Å². The molecule has 2 aromatic heterocycles. The van der Waals surface area contributed by atoms with Crippen LogP contribution < -0.4 is 4.90 Å². The number of anilines is 1. The Labute approximate surface area is 142 Å². The highest BCUT2D eigenvalue weighted by molar-refractivity contribution is 5.94. The Hall–Kier alpha value is -3.16. The van der Waals surface area contributed by atoms with Crippen LogP contribution in [0.1, 0.15) is 34.8 Å². The lowest BCUT2D eigenvalue weighted by Crippen LogP contribution is -2.24. The van der Waals surface area contributed by atoms with Gasteiger partial charge in [-0.05, 0) is 37.1 Å². The van der Waals surface area contributed by atoms with Crippen LogP contribution >= 0.6 is 0 Å². The zero-order chi connectivity index (χ0) is 17.6. The molecule has 2 N–H and O–H groups in total. The Morgan fingerprint density at radius 2 is 2.16 bits per heavy atom. The Bertz CT molecular complexity index is 972. The van der Waals surface area contributed by atoms with Gasteiger partial charge >= 0.3 is 5.97 Å². The second kappa shape index (κ2) is 5.73. The maximum Gasteiger partial charge on any atom is 0.341 e. The van der Waals surface area contributed by atoms with E-state index in [4.69, 9.17) is 0 Å². The Balaban J connectivity index is 1.77. The van der Waals surface area contributed by atoms with Gasteiger partial charge in [0.1, 0.15) is 22.9 Å². The van der Waals surface area contributed by atoms with Gasteiger partial charge in [0, 0.05) is 18.3 Å². The van der Waals surface area contributed by atoms with Crippen LogP contribution in [0, 0.1) is 5.82 Å². The predicted octanol–water partition coefficient (Wildman–Crippen LogP) is 2.61. The number of rotatable bonds is 3. The fraction of sp³-hybridized carbons (Fsp3) is 0.235. The zero-order valence-electron chi connectivity index (χ0n) is 13.1. The molecule has 1 aromatic carbocycles. The number of hydrogen-bond acceptors (Lipinski definition) is 5. The molecule has 0 bridgehead atoms. The molecule has 1 aliphatic heterocycles. The summed E-state index contributed by atoms with van der Waals surface area (Å²) in [4.78, 5) is 17.7. The van der Waals surface area contributed by atoms with Crippen molar-refractivity contribution in [1.82, 2.24) is 14.6 Å². The normalized spacial score (nSPS) is 17.3. The average molecular weight is 342 g/mol. The first kappa shape index (κ1) is 15.4. The van der Waals surface area contributed by atoms with Crippen LogP contribution in [0.2, 0.25) is 0 Å². The van der Waals surface area contributed by atoms with Gasteiger partial charge in [-0.1, -0.05) is 0 Å².